The number of para-hydroxylation sites is 1. The number of nitrogens with zero attached hydrogens (tertiary/aromatic N) is 7. The van der Waals surface area contributed by atoms with Crippen LogP contribution in [0, 0.1) is 35.4 Å². The number of fused-ring (bicyclic) bond motifs is 1. The minimum atomic E-state index is -0.341. The molecule has 4 heterocycles. The quantitative estimate of drug-likeness (QED) is 0.392. The number of rotatable bonds is 4. The molecular weight excluding hydrogens is 495 g/mol. The Kier molecular flexibility index (Phi) is 5.47. The van der Waals surface area contributed by atoms with E-state index in [-0.39, 0.29) is 17.0 Å². The topological polar surface area (TPSA) is 119 Å². The molecule has 1 aliphatic heterocycles. The maximum atomic E-state index is 15.2. The molecule has 3 aliphatic rings. The number of anilines is 2. The van der Waals surface area contributed by atoms with Crippen LogP contribution in [0.15, 0.2) is 55.2 Å². The van der Waals surface area contributed by atoms with E-state index in [0.29, 0.717) is 52.9 Å². The lowest BCUT2D eigenvalue weighted by molar-refractivity contribution is 0.0562. The van der Waals surface area contributed by atoms with Gasteiger partial charge < -0.3 is 20.3 Å². The van der Waals surface area contributed by atoms with Gasteiger partial charge in [0.1, 0.15) is 5.75 Å². The van der Waals surface area contributed by atoms with Crippen molar-refractivity contribution in [1.29, 1.82) is 0 Å². The van der Waals surface area contributed by atoms with Gasteiger partial charge in [0.05, 0.1) is 36.1 Å². The Labute approximate surface area is 225 Å². The van der Waals surface area contributed by atoms with Gasteiger partial charge in [0.2, 0.25) is 5.82 Å². The Hall–Kier alpha value is -4.52. The van der Waals surface area contributed by atoms with Crippen molar-refractivity contribution in [2.75, 3.05) is 23.7 Å². The lowest BCUT2D eigenvalue weighted by Gasteiger charge is -2.53. The molecule has 2 bridgehead atoms. The fourth-order valence-electron chi connectivity index (χ4n) is 7.06. The second-order valence-electron chi connectivity index (χ2n) is 10.9. The lowest BCUT2D eigenvalue weighted by Crippen LogP contribution is -2.54. The number of aromatic hydroxyl groups is 1. The number of phenols is 1. The normalized spacial score (nSPS) is 24.9. The first-order chi connectivity index (χ1) is 19.0. The van der Waals surface area contributed by atoms with Crippen LogP contribution in [-0.2, 0) is 12.0 Å². The van der Waals surface area contributed by atoms with Crippen LogP contribution in [0.1, 0.15) is 30.8 Å². The lowest BCUT2D eigenvalue weighted by atomic mass is 9.53. The zero-order valence-corrected chi connectivity index (χ0v) is 21.2. The summed E-state index contributed by atoms with van der Waals surface area (Å²) in [6.45, 7) is 2.08. The van der Waals surface area contributed by atoms with Gasteiger partial charge >= 0.3 is 0 Å². The number of hydrogen-bond acceptors (Lipinski definition) is 8. The first kappa shape index (κ1) is 23.6. The summed E-state index contributed by atoms with van der Waals surface area (Å²) >= 11 is 0. The zero-order valence-electron chi connectivity index (χ0n) is 21.2. The molecule has 2 saturated carbocycles. The minimum Gasteiger partial charge on any atom is -0.507 e. The van der Waals surface area contributed by atoms with Crippen molar-refractivity contribution in [3.05, 3.63) is 72.6 Å². The Balaban J connectivity index is 1.14. The molecule has 9 nitrogen and oxygen atoms in total. The molecule has 4 aromatic rings. The zero-order chi connectivity index (χ0) is 26.6. The van der Waals surface area contributed by atoms with Gasteiger partial charge in [0, 0.05) is 36.5 Å². The maximum Gasteiger partial charge on any atom is 0.205 e. The molecular formula is C29H27FN8O. The summed E-state index contributed by atoms with van der Waals surface area (Å²) < 4.78 is 17.0. The van der Waals surface area contributed by atoms with Crippen LogP contribution < -0.4 is 10.6 Å². The molecule has 2 aliphatic carbocycles. The third kappa shape index (κ3) is 3.96. The Morgan fingerprint density at radius 2 is 2.08 bits per heavy atom. The van der Waals surface area contributed by atoms with E-state index in [1.165, 1.54) is 6.20 Å². The average Bonchev–Trinajstić information content (AvgIpc) is 3.50. The molecule has 3 aromatic heterocycles. The molecule has 1 saturated heterocycles. The van der Waals surface area contributed by atoms with E-state index in [2.05, 4.69) is 41.9 Å². The van der Waals surface area contributed by atoms with Crippen LogP contribution in [0.25, 0.3) is 11.3 Å². The Morgan fingerprint density at radius 3 is 2.92 bits per heavy atom. The van der Waals surface area contributed by atoms with E-state index in [9.17, 15) is 5.11 Å². The van der Waals surface area contributed by atoms with E-state index in [4.69, 9.17) is 5.73 Å². The number of imidazole rings is 1. The van der Waals surface area contributed by atoms with Crippen LogP contribution in [-0.4, -0.2) is 47.9 Å². The molecule has 4 atom stereocenters. The Bertz CT molecular complexity index is 1610. The highest BCUT2D eigenvalue weighted by Crippen LogP contribution is 2.65. The summed E-state index contributed by atoms with van der Waals surface area (Å²) in [5.41, 5.74) is 8.59. The molecule has 7 rings (SSSR count). The van der Waals surface area contributed by atoms with Crippen LogP contribution in [0.3, 0.4) is 0 Å². The first-order valence-corrected chi connectivity index (χ1v) is 13.1. The molecule has 196 valence electrons. The van der Waals surface area contributed by atoms with Crippen LogP contribution in [0.5, 0.6) is 5.75 Å². The van der Waals surface area contributed by atoms with Crippen molar-refractivity contribution in [1.82, 2.24) is 29.7 Å². The van der Waals surface area contributed by atoms with E-state index < -0.39 is 0 Å². The van der Waals surface area contributed by atoms with E-state index in [1.54, 1.807) is 24.7 Å². The van der Waals surface area contributed by atoms with Gasteiger partial charge in [-0.3, -0.25) is 0 Å². The molecule has 3 fully saturated rings. The standard InChI is InChI=1S/C29H27FN8O/c30-22-14-33-26(6-3-8-37-9-7-32-17-37)34-27(22)29-12-18-10-21(29)19(13-29)16-38(15-18)24-11-23(35-36-28(24)31)20-4-1-2-5-25(20)39/h1-2,4-5,7,9,11,14,17-19,21,39H,8,10,12-13,15-16H2,(H2,31,36). The largest absolute Gasteiger partial charge is 0.507 e. The molecule has 10 heteroatoms. The van der Waals surface area contributed by atoms with Crippen molar-refractivity contribution in [2.24, 2.45) is 17.8 Å². The number of halogens is 1. The molecule has 1 aromatic carbocycles. The summed E-state index contributed by atoms with van der Waals surface area (Å²) in [7, 11) is 0. The summed E-state index contributed by atoms with van der Waals surface area (Å²) in [4.78, 5) is 15.1. The van der Waals surface area contributed by atoms with E-state index in [0.717, 1.165) is 38.0 Å². The Morgan fingerprint density at radius 1 is 1.18 bits per heavy atom. The minimum absolute atomic E-state index is 0.152. The molecule has 3 N–H and O–H groups in total. The fourth-order valence-corrected chi connectivity index (χ4v) is 7.06. The molecule has 0 amide bonds. The van der Waals surface area contributed by atoms with Crippen molar-refractivity contribution in [2.45, 2.75) is 31.2 Å². The highest BCUT2D eigenvalue weighted by molar-refractivity contribution is 5.74. The predicted molar refractivity (Wildman–Crippen MR) is 143 cm³/mol. The van der Waals surface area contributed by atoms with Gasteiger partial charge in [-0.15, -0.1) is 10.2 Å². The number of nitrogens with two attached hydrogens (primary N) is 1. The van der Waals surface area contributed by atoms with Crippen LogP contribution in [0.4, 0.5) is 15.9 Å². The number of phenolic OH excluding ortho intramolecular Hbond substituents is 1. The van der Waals surface area contributed by atoms with Gasteiger partial charge in [0.15, 0.2) is 11.6 Å². The maximum absolute atomic E-state index is 15.2. The highest BCUT2D eigenvalue weighted by atomic mass is 19.1. The highest BCUT2D eigenvalue weighted by Gasteiger charge is 2.63. The van der Waals surface area contributed by atoms with Crippen molar-refractivity contribution in [3.8, 4) is 28.8 Å². The second-order valence-corrected chi connectivity index (χ2v) is 10.9. The van der Waals surface area contributed by atoms with Crippen LogP contribution in [0.2, 0.25) is 0 Å². The summed E-state index contributed by atoms with van der Waals surface area (Å²) in [6, 6.07) is 9.00. The number of aromatic nitrogens is 6. The third-order valence-electron chi connectivity index (χ3n) is 8.64. The van der Waals surface area contributed by atoms with Gasteiger partial charge in [-0.2, -0.15) is 0 Å². The first-order valence-electron chi connectivity index (χ1n) is 13.1. The van der Waals surface area contributed by atoms with E-state index >= 15 is 4.39 Å². The molecule has 4 unspecified atom stereocenters. The van der Waals surface area contributed by atoms with Crippen molar-refractivity contribution >= 4 is 11.5 Å². The van der Waals surface area contributed by atoms with Crippen molar-refractivity contribution < 1.29 is 9.50 Å². The third-order valence-corrected chi connectivity index (χ3v) is 8.64. The summed E-state index contributed by atoms with van der Waals surface area (Å²) in [6.07, 6.45) is 9.28. The average molecular weight is 523 g/mol. The van der Waals surface area contributed by atoms with Crippen molar-refractivity contribution in [3.63, 3.8) is 0 Å². The van der Waals surface area contributed by atoms with Gasteiger partial charge in [0.25, 0.3) is 0 Å². The number of nitrogen functional groups attached to an aromatic ring is 1. The predicted octanol–water partition coefficient (Wildman–Crippen LogP) is 3.41. The van der Waals surface area contributed by atoms with Gasteiger partial charge in [-0.05, 0) is 61.1 Å². The number of hydrogen-bond donors (Lipinski definition) is 2. The second kappa shape index (κ2) is 9.05. The summed E-state index contributed by atoms with van der Waals surface area (Å²) in [5.74, 6) is 7.70. The fraction of sp³-hybridized carbons (Fsp3) is 0.345. The SMILES string of the molecule is Nc1nnc(-c2ccccc2O)cc1N1CC2CC3C(C1)CC3(c1nc(C#CCn3ccnc3)ncc1F)C2. The van der Waals surface area contributed by atoms with Crippen LogP contribution >= 0.6 is 0 Å². The summed E-state index contributed by atoms with van der Waals surface area (Å²) in [5, 5.41) is 18.8. The molecule has 39 heavy (non-hydrogen) atoms. The van der Waals surface area contributed by atoms with E-state index in [1.807, 2.05) is 29.0 Å². The number of benzene rings is 1. The monoisotopic (exact) mass is 522 g/mol. The van der Waals surface area contributed by atoms with Gasteiger partial charge in [-0.25, -0.2) is 19.3 Å². The smallest absolute Gasteiger partial charge is 0.205 e. The molecule has 0 spiro atoms. The van der Waals surface area contributed by atoms with Gasteiger partial charge in [-0.1, -0.05) is 18.1 Å². The molecule has 0 radical (unpaired) electrons.